The van der Waals surface area contributed by atoms with E-state index in [4.69, 9.17) is 43.4 Å². The van der Waals surface area contributed by atoms with Crippen LogP contribution in [-0.4, -0.2) is 188 Å². The van der Waals surface area contributed by atoms with Crippen LogP contribution in [0.1, 0.15) is 166 Å². The van der Waals surface area contributed by atoms with Crippen LogP contribution in [0.2, 0.25) is 0 Å². The van der Waals surface area contributed by atoms with Gasteiger partial charge in [0.1, 0.15) is 0 Å². The molecule has 40 heteroatoms. The van der Waals surface area contributed by atoms with Gasteiger partial charge in [-0.05, 0) is 211 Å². The van der Waals surface area contributed by atoms with E-state index < -0.39 is 66.2 Å². The highest BCUT2D eigenvalue weighted by Crippen LogP contribution is 2.39. The monoisotopic (exact) mass is 1900 g/mol. The number of hydrogen-bond acceptors (Lipinski definition) is 21. The minimum atomic E-state index is -4.58. The number of nitriles is 1. The summed E-state index contributed by atoms with van der Waals surface area (Å²) in [5.74, 6) is -0.790. The zero-order chi connectivity index (χ0) is 96.3. The Bertz CT molecular complexity index is 6590. The molecule has 0 bridgehead atoms. The Morgan fingerprint density at radius 3 is 1.11 bits per heavy atom. The Hall–Kier alpha value is -14.6. The van der Waals surface area contributed by atoms with Crippen LogP contribution < -0.4 is 40.9 Å². The Balaban J connectivity index is 0.000000127. The second-order valence-corrected chi connectivity index (χ2v) is 34.6. The molecule has 5 N–H and O–H groups in total. The number of nitrogens with zero attached hydrogens (tertiary/aromatic N) is 13. The van der Waals surface area contributed by atoms with Crippen molar-refractivity contribution in [2.24, 2.45) is 5.92 Å². The molecule has 0 radical (unpaired) electrons. The first-order valence-electron chi connectivity index (χ1n) is 45.7. The number of aliphatic hydroxyl groups is 1. The molecule has 8 amide bonds. The van der Waals surface area contributed by atoms with E-state index in [-0.39, 0.29) is 70.4 Å². The van der Waals surface area contributed by atoms with Crippen LogP contribution in [0.4, 0.5) is 96.5 Å². The normalized spacial score (nSPS) is 17.9. The lowest BCUT2D eigenvalue weighted by Crippen LogP contribution is -2.37. The quantitative estimate of drug-likeness (QED) is 0.0311. The van der Waals surface area contributed by atoms with Gasteiger partial charge in [-0.1, -0.05) is 49.2 Å². The van der Waals surface area contributed by atoms with Gasteiger partial charge in [0.2, 0.25) is 23.8 Å². The van der Waals surface area contributed by atoms with Gasteiger partial charge in [-0.2, -0.15) is 18.4 Å². The van der Waals surface area contributed by atoms with Crippen molar-refractivity contribution < 1.29 is 107 Å². The fourth-order valence-corrected chi connectivity index (χ4v) is 17.7. The first-order chi connectivity index (χ1) is 66.7. The van der Waals surface area contributed by atoms with Crippen LogP contribution in [0.3, 0.4) is 0 Å². The van der Waals surface area contributed by atoms with Crippen LogP contribution in [0.15, 0.2) is 170 Å². The van der Waals surface area contributed by atoms with Gasteiger partial charge in [0.05, 0.1) is 138 Å². The van der Waals surface area contributed by atoms with Crippen LogP contribution in [0.5, 0.6) is 0 Å². The lowest BCUT2D eigenvalue weighted by molar-refractivity contribution is -0.137. The summed E-state index contributed by atoms with van der Waals surface area (Å²) in [6.45, 7) is 8.15. The zero-order valence-electron chi connectivity index (χ0n) is 74.8. The number of amides is 8. The summed E-state index contributed by atoms with van der Waals surface area (Å²) >= 11 is 0. The number of benzene rings is 8. The maximum Gasteiger partial charge on any atom is 0.416 e. The van der Waals surface area contributed by atoms with E-state index in [1.54, 1.807) is 73.9 Å². The van der Waals surface area contributed by atoms with Crippen molar-refractivity contribution in [1.82, 2.24) is 38.2 Å². The summed E-state index contributed by atoms with van der Waals surface area (Å²) in [7, 11) is 0. The number of hydrogen-bond donors (Lipinski definition) is 5. The molecular weight excluding hydrogens is 1800 g/mol. The van der Waals surface area contributed by atoms with E-state index >= 15 is 0 Å². The number of fused-ring (bicyclic) bond motifs is 4. The third kappa shape index (κ3) is 22.2. The molecule has 4 aromatic heterocycles. The van der Waals surface area contributed by atoms with Gasteiger partial charge >= 0.3 is 30.5 Å². The fraction of sp³-hybridized carbons (Fsp3) is 0.378. The average Bonchev–Trinajstić information content (AvgIpc) is 1.63. The highest BCUT2D eigenvalue weighted by atomic mass is 19.4. The molecule has 0 spiro atoms. The number of imidazole rings is 4. The van der Waals surface area contributed by atoms with Crippen molar-refractivity contribution in [3.63, 3.8) is 0 Å². The standard InChI is InChI=1S/C25H25F3N4O4.C25H26F2N4O4.C25H25N5O4.C23H22F2N4O4/c26-25(27,28)17-6-3-5-16(13-17)21(33)30-22-29-19-14-18(31-11-4-12-36-23(31)34)7-8-20(19)32(22)15-24(35)9-1-2-10-24;26-22(27)16-5-3-6-17(13-16)23(32)29-24-28-20-14-18(30-10-4-12-35-25(30)33)8-9-21(20)31(24)15-19-7-1-2-11-34-19;26-15-17-5-3-6-18(13-17)23(31)28-24-27-21-14-19(29-10-4-12-34-25(29)32)8-9-22(21)30(24)16-20-7-1-2-11-33-20;24-20(25)15-3-1-4-16(9-15)21(30)27-22-26-18-10-17(28-7-2-8-33-23(28)31)5-6-19(18)29(22)11-14-12-32-13-14/h3,5-8,13-14,35H,1-2,4,9-12,15H2,(H,29,30,33);3,5-6,8-9,13-14,19,22H,1-2,4,7,10-12,15H2,(H,28,29,32);3,5-6,8-9,13-14,20H,1-2,4,7,10-12,16H2,(H,27,28,31);1,3-6,9-10,14,20H,2,7-8,11-13H2,(H,26,27,30). The molecular formula is C98H98F7N17O16. The first-order valence-corrected chi connectivity index (χ1v) is 45.7. The molecule has 12 aromatic rings. The highest BCUT2D eigenvalue weighted by molar-refractivity contribution is 6.08. The largest absolute Gasteiger partial charge is 0.449 e. The first kappa shape index (κ1) is 95.2. The number of carbonyl (C=O) groups excluding carboxylic acids is 8. The van der Waals surface area contributed by atoms with Crippen molar-refractivity contribution in [2.75, 3.05) is 120 Å². The molecule has 2 atom stereocenters. The molecule has 7 saturated heterocycles. The third-order valence-electron chi connectivity index (χ3n) is 24.9. The molecule has 2 unspecified atom stereocenters. The van der Waals surface area contributed by atoms with Crippen molar-refractivity contribution in [1.29, 1.82) is 5.26 Å². The predicted octanol–water partition coefficient (Wildman–Crippen LogP) is 18.4. The molecule has 11 heterocycles. The second-order valence-electron chi connectivity index (χ2n) is 34.6. The van der Waals surface area contributed by atoms with Crippen molar-refractivity contribution in [3.05, 3.63) is 214 Å². The summed E-state index contributed by atoms with van der Waals surface area (Å²) in [6, 6.07) is 45.2. The number of halogens is 7. The van der Waals surface area contributed by atoms with Gasteiger partial charge in [-0.3, -0.25) is 60.0 Å². The van der Waals surface area contributed by atoms with E-state index in [0.29, 0.717) is 191 Å². The molecule has 20 rings (SSSR count). The Labute approximate surface area is 785 Å². The molecule has 138 heavy (non-hydrogen) atoms. The van der Waals surface area contributed by atoms with E-state index in [9.17, 15) is 74.2 Å². The maximum atomic E-state index is 13.1. The van der Waals surface area contributed by atoms with E-state index in [1.807, 2.05) is 56.2 Å². The van der Waals surface area contributed by atoms with Crippen LogP contribution in [0, 0.1) is 17.2 Å². The molecule has 720 valence electrons. The maximum absolute atomic E-state index is 13.1. The summed E-state index contributed by atoms with van der Waals surface area (Å²) in [6.07, 6.45) is 0.326. The summed E-state index contributed by atoms with van der Waals surface area (Å²) in [4.78, 5) is 125. The van der Waals surface area contributed by atoms with E-state index in [1.165, 1.54) is 65.6 Å². The van der Waals surface area contributed by atoms with Crippen molar-refractivity contribution in [3.8, 4) is 6.07 Å². The summed E-state index contributed by atoms with van der Waals surface area (Å²) in [5.41, 5.74) is 6.42. The molecule has 8 fully saturated rings. The Morgan fingerprint density at radius 2 is 0.768 bits per heavy atom. The van der Waals surface area contributed by atoms with E-state index in [2.05, 4.69) is 42.3 Å². The zero-order valence-corrected chi connectivity index (χ0v) is 74.8. The summed E-state index contributed by atoms with van der Waals surface area (Å²) < 4.78 is 137. The average molecular weight is 1900 g/mol. The van der Waals surface area contributed by atoms with Crippen LogP contribution in [-0.2, 0) is 65.5 Å². The third-order valence-corrected chi connectivity index (χ3v) is 24.9. The van der Waals surface area contributed by atoms with Crippen molar-refractivity contribution in [2.45, 2.75) is 153 Å². The molecule has 8 aliphatic rings. The number of ether oxygens (including phenoxy) is 7. The highest BCUT2D eigenvalue weighted by Gasteiger charge is 2.37. The number of aromatic nitrogens is 8. The lowest BCUT2D eigenvalue weighted by atomic mass is 10.0. The lowest BCUT2D eigenvalue weighted by Gasteiger charge is -2.27. The fourth-order valence-electron chi connectivity index (χ4n) is 17.7. The van der Waals surface area contributed by atoms with Gasteiger partial charge in [0, 0.05) is 108 Å². The minimum absolute atomic E-state index is 0.0282. The van der Waals surface area contributed by atoms with Gasteiger partial charge in [-0.15, -0.1) is 0 Å². The Morgan fingerprint density at radius 1 is 0.420 bits per heavy atom. The number of alkyl halides is 7. The minimum Gasteiger partial charge on any atom is -0.449 e. The second kappa shape index (κ2) is 42.4. The Kier molecular flexibility index (Phi) is 29.2. The topological polar surface area (TPSA) is 378 Å². The number of rotatable bonds is 22. The van der Waals surface area contributed by atoms with Crippen LogP contribution >= 0.6 is 0 Å². The molecule has 7 aliphatic heterocycles. The molecule has 1 saturated carbocycles. The molecule has 33 nitrogen and oxygen atoms in total. The van der Waals surface area contributed by atoms with Gasteiger partial charge < -0.3 is 56.5 Å². The summed E-state index contributed by atoms with van der Waals surface area (Å²) in [5, 5.41) is 31.3. The smallest absolute Gasteiger partial charge is 0.416 e. The molecule has 8 aromatic carbocycles. The number of cyclic esters (lactones) is 4. The molecule has 1 aliphatic carbocycles. The van der Waals surface area contributed by atoms with Gasteiger partial charge in [0.15, 0.2) is 0 Å². The number of nitrogens with one attached hydrogen (secondary N) is 4. The van der Waals surface area contributed by atoms with Gasteiger partial charge in [0.25, 0.3) is 36.5 Å². The van der Waals surface area contributed by atoms with E-state index in [0.717, 1.165) is 106 Å². The predicted molar refractivity (Wildman–Crippen MR) is 494 cm³/mol. The van der Waals surface area contributed by atoms with Crippen molar-refractivity contribution >= 4 is 139 Å². The van der Waals surface area contributed by atoms with Crippen LogP contribution in [0.25, 0.3) is 44.1 Å². The van der Waals surface area contributed by atoms with Gasteiger partial charge in [-0.25, -0.2) is 56.7 Å². The number of carbonyl (C=O) groups is 8. The number of anilines is 8. The SMILES string of the molecule is N#Cc1cccc(C(=O)Nc2nc3cc(N4CCCOC4=O)ccc3n2CC2CCCCO2)c1.O=C(Nc1nc2cc(N3CCCOC3=O)ccc2n1CC1(O)CCCC1)c1cccc(C(F)(F)F)c1.O=C(Nc1nc2cc(N3CCCOC3=O)ccc2n1CC1CCCCO1)c1cccc(C(F)F)c1.O=C(Nc1nc2cc(N3CCCOC3=O)ccc2n1CC1COC1)c1cccc(C(F)F)c1.